The first kappa shape index (κ1) is 23.7. The van der Waals surface area contributed by atoms with E-state index in [9.17, 15) is 22.8 Å². The molecule has 188 valence electrons. The third kappa shape index (κ3) is 4.73. The Labute approximate surface area is 204 Å². The van der Waals surface area contributed by atoms with E-state index in [1.165, 1.54) is 30.0 Å². The summed E-state index contributed by atoms with van der Waals surface area (Å²) in [5.41, 5.74) is 3.55. The highest BCUT2D eigenvalue weighted by atomic mass is 19.4. The second-order valence-corrected chi connectivity index (χ2v) is 8.63. The Kier molecular flexibility index (Phi) is 6.07. The van der Waals surface area contributed by atoms with Crippen LogP contribution in [0.3, 0.4) is 0 Å². The number of carbonyl (C=O) groups excluding carboxylic acids is 2. The van der Waals surface area contributed by atoms with Crippen LogP contribution in [0.25, 0.3) is 22.6 Å². The molecule has 1 aliphatic heterocycles. The van der Waals surface area contributed by atoms with Crippen molar-refractivity contribution in [1.29, 1.82) is 0 Å². The highest BCUT2D eigenvalue weighted by Crippen LogP contribution is 2.42. The van der Waals surface area contributed by atoms with Crippen LogP contribution in [0.4, 0.5) is 23.7 Å². The molecule has 2 heterocycles. The lowest BCUT2D eigenvalue weighted by Crippen LogP contribution is -2.33. The highest BCUT2D eigenvalue weighted by molar-refractivity contribution is 5.91. The summed E-state index contributed by atoms with van der Waals surface area (Å²) < 4.78 is 54.0. The zero-order valence-corrected chi connectivity index (χ0v) is 19.2. The topological polar surface area (TPSA) is 93.9 Å². The van der Waals surface area contributed by atoms with E-state index in [2.05, 4.69) is 15.2 Å². The number of cyclic esters (lactones) is 1. The quantitative estimate of drug-likeness (QED) is 0.537. The second-order valence-electron chi connectivity index (χ2n) is 8.63. The minimum absolute atomic E-state index is 0.199. The monoisotopic (exact) mass is 501 g/mol. The molecule has 1 saturated heterocycles. The number of benzene rings is 2. The van der Waals surface area contributed by atoms with Crippen LogP contribution >= 0.6 is 0 Å². The number of fused-ring (bicyclic) bond motifs is 3. The van der Waals surface area contributed by atoms with Crippen LogP contribution in [-0.2, 0) is 22.4 Å². The number of hydrogen-bond donors (Lipinski definition) is 1. The van der Waals surface area contributed by atoms with Gasteiger partial charge in [-0.05, 0) is 55.2 Å². The molecule has 2 aromatic carbocycles. The van der Waals surface area contributed by atoms with Gasteiger partial charge in [0.05, 0.1) is 13.1 Å². The first-order valence-electron chi connectivity index (χ1n) is 11.4. The van der Waals surface area contributed by atoms with Crippen molar-refractivity contribution in [2.75, 3.05) is 18.0 Å². The second kappa shape index (κ2) is 9.21. The summed E-state index contributed by atoms with van der Waals surface area (Å²) in [4.78, 5) is 25.1. The van der Waals surface area contributed by atoms with E-state index >= 15 is 0 Å². The first-order chi connectivity index (χ1) is 17.2. The molecular formula is C25H22F3N3O5. The van der Waals surface area contributed by atoms with E-state index in [0.717, 1.165) is 11.1 Å². The average Bonchev–Trinajstić information content (AvgIpc) is 3.35. The average molecular weight is 501 g/mol. The maximum Gasteiger partial charge on any atom is 0.573 e. The van der Waals surface area contributed by atoms with Crippen LogP contribution in [0, 0.1) is 0 Å². The predicted octanol–water partition coefficient (Wildman–Crippen LogP) is 4.86. The first-order valence-corrected chi connectivity index (χ1v) is 11.4. The summed E-state index contributed by atoms with van der Waals surface area (Å²) in [6, 6.07) is 11.3. The number of halogens is 3. The molecule has 3 aromatic rings. The van der Waals surface area contributed by atoms with Gasteiger partial charge in [-0.3, -0.25) is 9.69 Å². The molecule has 0 radical (unpaired) electrons. The molecule has 1 N–H and O–H groups in total. The molecule has 2 amide bonds. The van der Waals surface area contributed by atoms with Crippen molar-refractivity contribution < 1.29 is 36.8 Å². The molecule has 1 atom stereocenters. The Morgan fingerprint density at radius 3 is 2.78 bits per heavy atom. The zero-order valence-electron chi connectivity index (χ0n) is 19.2. The van der Waals surface area contributed by atoms with E-state index in [0.29, 0.717) is 48.5 Å². The predicted molar refractivity (Wildman–Crippen MR) is 122 cm³/mol. The van der Waals surface area contributed by atoms with Gasteiger partial charge in [0.25, 0.3) is 0 Å². The van der Waals surface area contributed by atoms with Gasteiger partial charge in [-0.2, -0.15) is 0 Å². The van der Waals surface area contributed by atoms with E-state index in [4.69, 9.17) is 9.26 Å². The summed E-state index contributed by atoms with van der Waals surface area (Å²) in [5.74, 6) is -0.0648. The minimum Gasteiger partial charge on any atom is -0.442 e. The van der Waals surface area contributed by atoms with Gasteiger partial charge < -0.3 is 19.3 Å². The summed E-state index contributed by atoms with van der Waals surface area (Å²) in [7, 11) is 0. The number of nitrogens with one attached hydrogen (secondary N) is 1. The Hall–Kier alpha value is -4.02. The number of hydrogen-bond acceptors (Lipinski definition) is 6. The number of ether oxygens (including phenoxy) is 2. The summed E-state index contributed by atoms with van der Waals surface area (Å²) >= 11 is 0. The van der Waals surface area contributed by atoms with Gasteiger partial charge in [0.1, 0.15) is 17.5 Å². The van der Waals surface area contributed by atoms with E-state index in [1.807, 2.05) is 12.1 Å². The fraction of sp³-hybridized carbons (Fsp3) is 0.320. The number of aromatic nitrogens is 1. The molecule has 36 heavy (non-hydrogen) atoms. The van der Waals surface area contributed by atoms with Crippen LogP contribution in [-0.4, -0.2) is 42.7 Å². The fourth-order valence-electron chi connectivity index (χ4n) is 4.57. The van der Waals surface area contributed by atoms with Crippen molar-refractivity contribution in [1.82, 2.24) is 10.5 Å². The van der Waals surface area contributed by atoms with Crippen molar-refractivity contribution in [2.45, 2.75) is 38.7 Å². The van der Waals surface area contributed by atoms with Crippen LogP contribution in [0.1, 0.15) is 24.5 Å². The number of nitrogens with zero attached hydrogens (tertiary/aromatic N) is 2. The molecule has 0 saturated carbocycles. The van der Waals surface area contributed by atoms with Gasteiger partial charge in [0.2, 0.25) is 5.91 Å². The van der Waals surface area contributed by atoms with E-state index < -0.39 is 18.6 Å². The lowest BCUT2D eigenvalue weighted by Gasteiger charge is -2.15. The largest absolute Gasteiger partial charge is 0.573 e. The van der Waals surface area contributed by atoms with Crippen LogP contribution < -0.4 is 15.0 Å². The van der Waals surface area contributed by atoms with Gasteiger partial charge in [0.15, 0.2) is 5.76 Å². The molecule has 0 spiro atoms. The van der Waals surface area contributed by atoms with Crippen LogP contribution in [0.15, 0.2) is 47.0 Å². The normalized spacial score (nSPS) is 17.2. The van der Waals surface area contributed by atoms with Gasteiger partial charge >= 0.3 is 12.5 Å². The summed E-state index contributed by atoms with van der Waals surface area (Å²) in [6.07, 6.45) is -3.87. The van der Waals surface area contributed by atoms with Crippen molar-refractivity contribution in [2.24, 2.45) is 0 Å². The van der Waals surface area contributed by atoms with Crippen molar-refractivity contribution in [3.8, 4) is 28.3 Å². The zero-order chi connectivity index (χ0) is 25.4. The third-order valence-corrected chi connectivity index (χ3v) is 6.13. The van der Waals surface area contributed by atoms with E-state index in [-0.39, 0.29) is 23.8 Å². The molecule has 1 aliphatic carbocycles. The molecule has 2 aliphatic rings. The highest BCUT2D eigenvalue weighted by Gasteiger charge is 2.35. The number of anilines is 1. The molecular weight excluding hydrogens is 479 g/mol. The Morgan fingerprint density at radius 2 is 2.00 bits per heavy atom. The number of carbonyl (C=O) groups is 2. The molecule has 11 heteroatoms. The SMILES string of the molecule is CC(=O)NCC1CN(c2ccc3c(c2)CCCc2c(-c4ccccc4OC(F)(F)F)noc2-3)C(=O)O1. The van der Waals surface area contributed by atoms with Gasteiger partial charge in [0, 0.05) is 29.3 Å². The molecule has 0 bridgehead atoms. The van der Waals surface area contributed by atoms with Crippen molar-refractivity contribution in [3.63, 3.8) is 0 Å². The number of alkyl halides is 3. The maximum atomic E-state index is 12.9. The van der Waals surface area contributed by atoms with Crippen LogP contribution in [0.2, 0.25) is 0 Å². The van der Waals surface area contributed by atoms with Gasteiger partial charge in [-0.1, -0.05) is 17.3 Å². The summed E-state index contributed by atoms with van der Waals surface area (Å²) in [5, 5.41) is 6.76. The van der Waals surface area contributed by atoms with Gasteiger partial charge in [-0.15, -0.1) is 13.2 Å². The number of para-hydroxylation sites is 1. The standard InChI is InChI=1S/C25H22F3N3O5/c1-14(32)29-12-17-13-31(24(33)34-17)16-9-10-18-15(11-16)5-4-7-20-22(30-36-23(18)20)19-6-2-3-8-21(19)35-25(26,27)28/h2-3,6,8-11,17H,4-5,7,12-13H2,1H3,(H,29,32). The molecule has 5 rings (SSSR count). The third-order valence-electron chi connectivity index (χ3n) is 6.13. The van der Waals surface area contributed by atoms with Crippen molar-refractivity contribution >= 4 is 17.7 Å². The molecule has 1 unspecified atom stereocenters. The number of aryl methyl sites for hydroxylation is 1. The Balaban J connectivity index is 1.45. The smallest absolute Gasteiger partial charge is 0.442 e. The molecule has 1 fully saturated rings. The summed E-state index contributed by atoms with van der Waals surface area (Å²) in [6.45, 7) is 1.92. The molecule has 1 aromatic heterocycles. The van der Waals surface area contributed by atoms with Crippen molar-refractivity contribution in [3.05, 3.63) is 53.6 Å². The number of rotatable bonds is 5. The molecule has 8 nitrogen and oxygen atoms in total. The van der Waals surface area contributed by atoms with Crippen LogP contribution in [0.5, 0.6) is 5.75 Å². The lowest BCUT2D eigenvalue weighted by atomic mass is 9.99. The maximum absolute atomic E-state index is 12.9. The minimum atomic E-state index is -4.84. The Bertz CT molecular complexity index is 1320. The fourth-order valence-corrected chi connectivity index (χ4v) is 4.57. The number of amides is 2. The lowest BCUT2D eigenvalue weighted by molar-refractivity contribution is -0.274. The van der Waals surface area contributed by atoms with Gasteiger partial charge in [-0.25, -0.2) is 4.79 Å². The van der Waals surface area contributed by atoms with E-state index in [1.54, 1.807) is 12.1 Å². The Morgan fingerprint density at radius 1 is 1.19 bits per heavy atom.